The van der Waals surface area contributed by atoms with Crippen molar-refractivity contribution in [1.82, 2.24) is 0 Å². The lowest BCUT2D eigenvalue weighted by molar-refractivity contribution is -0.130. The fourth-order valence-electron chi connectivity index (χ4n) is 5.94. The van der Waals surface area contributed by atoms with E-state index in [4.69, 9.17) is 28.4 Å². The summed E-state index contributed by atoms with van der Waals surface area (Å²) in [5.74, 6) is -0.311. The highest BCUT2D eigenvalue weighted by Gasteiger charge is 2.31. The van der Waals surface area contributed by atoms with Crippen LogP contribution >= 0.6 is 0 Å². The van der Waals surface area contributed by atoms with Crippen molar-refractivity contribution < 1.29 is 38.0 Å². The van der Waals surface area contributed by atoms with Crippen molar-refractivity contribution in [2.45, 2.75) is 51.3 Å². The smallest absolute Gasteiger partial charge is 0.340 e. The second-order valence-electron chi connectivity index (χ2n) is 11.9. The van der Waals surface area contributed by atoms with Crippen LogP contribution in [0.2, 0.25) is 0 Å². The van der Waals surface area contributed by atoms with Gasteiger partial charge in [0.1, 0.15) is 24.6 Å². The molecule has 4 fully saturated rings. The van der Waals surface area contributed by atoms with Gasteiger partial charge >= 0.3 is 11.9 Å². The van der Waals surface area contributed by atoms with E-state index in [1.54, 1.807) is 13.0 Å². The molecule has 8 heteroatoms. The Morgan fingerprint density at radius 1 is 0.818 bits per heavy atom. The number of ether oxygens (including phenoxy) is 6. The van der Waals surface area contributed by atoms with Gasteiger partial charge in [-0.25, -0.2) is 9.59 Å². The molecule has 4 aromatic rings. The van der Waals surface area contributed by atoms with Crippen molar-refractivity contribution in [3.05, 3.63) is 94.1 Å². The Hall–Kier alpha value is -4.08. The zero-order valence-electron chi connectivity index (χ0n) is 24.6. The first-order chi connectivity index (χ1) is 21.4. The summed E-state index contributed by atoms with van der Waals surface area (Å²) in [5.41, 5.74) is 6.07. The maximum Gasteiger partial charge on any atom is 0.340 e. The summed E-state index contributed by atoms with van der Waals surface area (Å²) < 4.78 is 33.0. The van der Waals surface area contributed by atoms with Crippen molar-refractivity contribution in [1.29, 1.82) is 0 Å². The van der Waals surface area contributed by atoms with Gasteiger partial charge in [-0.3, -0.25) is 0 Å². The average Bonchev–Trinajstić information content (AvgIpc) is 3.84. The third-order valence-electron chi connectivity index (χ3n) is 8.89. The standard InChI is InChI=1S/C36H32O8/c1-19(20(2)35(37)43-24-10-8-21(9-11-25-15-39-25)29(14-24)32-17-41-32)28-12-22-6-7-23(36(38)44-33-18-42-33)13-30(22)34-26(28)4-3-5-27(34)31-16-40-31/h3-8,10,12-14,25,31-33H,9,11,15-18H2,1-2H3/b20-19+. The predicted octanol–water partition coefficient (Wildman–Crippen LogP) is 6.38. The summed E-state index contributed by atoms with van der Waals surface area (Å²) in [4.78, 5) is 26.3. The van der Waals surface area contributed by atoms with E-state index in [0.717, 1.165) is 63.3 Å². The van der Waals surface area contributed by atoms with E-state index in [1.807, 2.05) is 43.3 Å². The summed E-state index contributed by atoms with van der Waals surface area (Å²) in [6.45, 7) is 6.35. The van der Waals surface area contributed by atoms with Gasteiger partial charge in [-0.1, -0.05) is 30.3 Å². The molecule has 0 bridgehead atoms. The molecular formula is C36H32O8. The van der Waals surface area contributed by atoms with Crippen molar-refractivity contribution >= 4 is 39.1 Å². The van der Waals surface area contributed by atoms with Crippen LogP contribution in [0.3, 0.4) is 0 Å². The van der Waals surface area contributed by atoms with E-state index in [0.29, 0.717) is 42.8 Å². The maximum atomic E-state index is 13.5. The van der Waals surface area contributed by atoms with E-state index in [1.165, 1.54) is 5.56 Å². The number of rotatable bonds is 10. The van der Waals surface area contributed by atoms with Crippen molar-refractivity contribution in [3.63, 3.8) is 0 Å². The first kappa shape index (κ1) is 27.5. The molecule has 0 aromatic heterocycles. The molecule has 0 amide bonds. The molecule has 44 heavy (non-hydrogen) atoms. The lowest BCUT2D eigenvalue weighted by Crippen LogP contribution is -2.11. The quantitative estimate of drug-likeness (QED) is 0.0687. The van der Waals surface area contributed by atoms with Crippen LogP contribution in [0.4, 0.5) is 0 Å². The number of esters is 2. The largest absolute Gasteiger partial charge is 0.430 e. The molecule has 0 N–H and O–H groups in total. The van der Waals surface area contributed by atoms with E-state index < -0.39 is 18.2 Å². The summed E-state index contributed by atoms with van der Waals surface area (Å²) in [5, 5.41) is 3.85. The molecule has 224 valence electrons. The topological polar surface area (TPSA) is 103 Å². The summed E-state index contributed by atoms with van der Waals surface area (Å²) in [6, 6.07) is 19.6. The third-order valence-corrected chi connectivity index (χ3v) is 8.89. The van der Waals surface area contributed by atoms with Crippen molar-refractivity contribution in [2.24, 2.45) is 0 Å². The fraction of sp³-hybridized carbons (Fsp3) is 0.333. The molecule has 4 saturated heterocycles. The van der Waals surface area contributed by atoms with Gasteiger partial charge in [-0.05, 0) is 106 Å². The highest BCUT2D eigenvalue weighted by atomic mass is 16.8. The molecular weight excluding hydrogens is 560 g/mol. The molecule has 4 aliphatic rings. The molecule has 4 unspecified atom stereocenters. The van der Waals surface area contributed by atoms with Gasteiger partial charge in [0.2, 0.25) is 6.29 Å². The third kappa shape index (κ3) is 5.50. The van der Waals surface area contributed by atoms with E-state index >= 15 is 0 Å². The second-order valence-corrected chi connectivity index (χ2v) is 11.9. The lowest BCUT2D eigenvalue weighted by Gasteiger charge is -2.16. The van der Waals surface area contributed by atoms with Crippen LogP contribution in [-0.4, -0.2) is 50.8 Å². The Morgan fingerprint density at radius 3 is 2.32 bits per heavy atom. The molecule has 8 nitrogen and oxygen atoms in total. The minimum Gasteiger partial charge on any atom is -0.430 e. The Morgan fingerprint density at radius 2 is 1.59 bits per heavy atom. The number of fused-ring (bicyclic) bond motifs is 3. The number of benzene rings is 4. The Balaban J connectivity index is 1.14. The zero-order chi connectivity index (χ0) is 29.9. The van der Waals surface area contributed by atoms with Crippen LogP contribution in [0.5, 0.6) is 5.75 Å². The SMILES string of the molecule is C/C(C(=O)Oc1ccc(CCC2CO2)c(C2CO2)c1)=C(/C)c1cc2ccc(C(=O)OC3CO3)cc2c2c(C3CO3)cccc12. The number of hydrogen-bond acceptors (Lipinski definition) is 8. The van der Waals surface area contributed by atoms with Crippen LogP contribution in [0.1, 0.15) is 65.1 Å². The molecule has 0 saturated carbocycles. The van der Waals surface area contributed by atoms with Gasteiger partial charge in [0.25, 0.3) is 0 Å². The molecule has 0 aliphatic carbocycles. The Bertz CT molecular complexity index is 1860. The normalized spacial score (nSPS) is 23.7. The lowest BCUT2D eigenvalue weighted by atomic mass is 9.88. The summed E-state index contributed by atoms with van der Waals surface area (Å²) in [7, 11) is 0. The number of carbonyl (C=O) groups is 2. The molecule has 4 heterocycles. The number of allylic oxidation sites excluding steroid dienone is 1. The molecule has 4 aliphatic heterocycles. The number of hydrogen-bond donors (Lipinski definition) is 0. The van der Waals surface area contributed by atoms with Crippen LogP contribution in [0.15, 0.2) is 66.2 Å². The van der Waals surface area contributed by atoms with Crippen LogP contribution < -0.4 is 4.74 Å². The zero-order valence-corrected chi connectivity index (χ0v) is 24.6. The highest BCUT2D eigenvalue weighted by molar-refractivity contribution is 6.16. The van der Waals surface area contributed by atoms with Crippen molar-refractivity contribution in [2.75, 3.05) is 26.4 Å². The molecule has 0 spiro atoms. The minimum absolute atomic E-state index is 0.00705. The van der Waals surface area contributed by atoms with E-state index in [2.05, 4.69) is 18.2 Å². The fourth-order valence-corrected chi connectivity index (χ4v) is 5.94. The van der Waals surface area contributed by atoms with E-state index in [-0.39, 0.29) is 12.2 Å². The summed E-state index contributed by atoms with van der Waals surface area (Å²) >= 11 is 0. The van der Waals surface area contributed by atoms with Gasteiger partial charge in [-0.15, -0.1) is 0 Å². The van der Waals surface area contributed by atoms with Crippen LogP contribution in [-0.2, 0) is 34.9 Å². The Labute approximate surface area is 254 Å². The van der Waals surface area contributed by atoms with Crippen LogP contribution in [0.25, 0.3) is 27.1 Å². The maximum absolute atomic E-state index is 13.5. The molecule has 4 atom stereocenters. The highest BCUT2D eigenvalue weighted by Crippen LogP contribution is 2.42. The molecule has 4 aromatic carbocycles. The van der Waals surface area contributed by atoms with Crippen LogP contribution in [0, 0.1) is 0 Å². The Kier molecular flexibility index (Phi) is 6.75. The summed E-state index contributed by atoms with van der Waals surface area (Å²) in [6.07, 6.45) is 1.84. The number of carbonyl (C=O) groups excluding carboxylic acids is 2. The van der Waals surface area contributed by atoms with Gasteiger partial charge < -0.3 is 28.4 Å². The predicted molar refractivity (Wildman–Crippen MR) is 162 cm³/mol. The monoisotopic (exact) mass is 592 g/mol. The second kappa shape index (κ2) is 10.8. The average molecular weight is 593 g/mol. The van der Waals surface area contributed by atoms with Gasteiger partial charge in [0.05, 0.1) is 31.5 Å². The first-order valence-electron chi connectivity index (χ1n) is 15.1. The minimum atomic E-state index is -0.461. The van der Waals surface area contributed by atoms with Gasteiger partial charge in [0, 0.05) is 5.57 Å². The first-order valence-corrected chi connectivity index (χ1v) is 15.1. The van der Waals surface area contributed by atoms with Crippen molar-refractivity contribution in [3.8, 4) is 5.75 Å². The number of aryl methyl sites for hydroxylation is 1. The molecule has 8 rings (SSSR count). The van der Waals surface area contributed by atoms with Gasteiger partial charge in [0.15, 0.2) is 0 Å². The molecule has 0 radical (unpaired) electrons. The van der Waals surface area contributed by atoms with Gasteiger partial charge in [-0.2, -0.15) is 0 Å². The van der Waals surface area contributed by atoms with E-state index in [9.17, 15) is 9.59 Å². The number of epoxide rings is 4.